The van der Waals surface area contributed by atoms with E-state index in [0.717, 1.165) is 13.1 Å². The van der Waals surface area contributed by atoms with Gasteiger partial charge in [0.25, 0.3) is 5.91 Å². The molecule has 1 aliphatic rings. The maximum Gasteiger partial charge on any atom is 0.253 e. The van der Waals surface area contributed by atoms with Crippen molar-refractivity contribution in [2.75, 3.05) is 44.2 Å². The topological polar surface area (TPSA) is 60.9 Å². The van der Waals surface area contributed by atoms with Crippen molar-refractivity contribution in [1.29, 1.82) is 0 Å². The minimum absolute atomic E-state index is 0.0544. The number of nitrogens with zero attached hydrogens (tertiary/aromatic N) is 3. The highest BCUT2D eigenvalue weighted by molar-refractivity contribution is 7.89. The molecule has 0 aliphatic carbocycles. The number of carbonyl (C=O) groups excluding carboxylic acids is 1. The fourth-order valence-electron chi connectivity index (χ4n) is 3.73. The number of para-hydroxylation sites is 1. The van der Waals surface area contributed by atoms with Gasteiger partial charge in [0.15, 0.2) is 0 Å². The Morgan fingerprint density at radius 3 is 2.07 bits per heavy atom. The number of benzene rings is 2. The Kier molecular flexibility index (Phi) is 6.59. The van der Waals surface area contributed by atoms with Crippen LogP contribution in [-0.4, -0.2) is 62.8 Å². The van der Waals surface area contributed by atoms with Crippen molar-refractivity contribution in [2.45, 2.75) is 25.7 Å². The fourth-order valence-corrected chi connectivity index (χ4v) is 5.19. The first-order valence-corrected chi connectivity index (χ1v) is 11.5. The van der Waals surface area contributed by atoms with Crippen LogP contribution in [0.2, 0.25) is 0 Å². The number of hydrogen-bond acceptors (Lipinski definition) is 4. The maximum absolute atomic E-state index is 12.9. The molecular formula is C22H29N3O3S. The van der Waals surface area contributed by atoms with Gasteiger partial charge in [-0.1, -0.05) is 32.0 Å². The molecular weight excluding hydrogens is 386 g/mol. The van der Waals surface area contributed by atoms with Crippen molar-refractivity contribution < 1.29 is 13.2 Å². The molecule has 0 saturated carbocycles. The molecule has 0 spiro atoms. The molecule has 0 radical (unpaired) electrons. The minimum atomic E-state index is -3.51. The van der Waals surface area contributed by atoms with E-state index < -0.39 is 10.0 Å². The second-order valence-electron chi connectivity index (χ2n) is 7.18. The van der Waals surface area contributed by atoms with Crippen LogP contribution in [0.5, 0.6) is 0 Å². The molecule has 0 bridgehead atoms. The first kappa shape index (κ1) is 21.3. The third-order valence-corrected chi connectivity index (χ3v) is 7.53. The first-order valence-electron chi connectivity index (χ1n) is 10.1. The molecule has 1 fully saturated rings. The molecule has 2 aromatic rings. The van der Waals surface area contributed by atoms with Crippen molar-refractivity contribution in [2.24, 2.45) is 0 Å². The fraction of sp³-hybridized carbons (Fsp3) is 0.409. The molecule has 3 rings (SSSR count). The van der Waals surface area contributed by atoms with Crippen LogP contribution >= 0.6 is 0 Å². The summed E-state index contributed by atoms with van der Waals surface area (Å²) in [6, 6.07) is 14.6. The van der Waals surface area contributed by atoms with E-state index in [-0.39, 0.29) is 10.8 Å². The smallest absolute Gasteiger partial charge is 0.253 e. The third-order valence-electron chi connectivity index (χ3n) is 5.47. The minimum Gasteiger partial charge on any atom is -0.368 e. The Morgan fingerprint density at radius 1 is 0.931 bits per heavy atom. The second kappa shape index (κ2) is 8.97. The van der Waals surface area contributed by atoms with Crippen LogP contribution in [0, 0.1) is 6.92 Å². The molecule has 1 amide bonds. The van der Waals surface area contributed by atoms with Crippen molar-refractivity contribution in [3.63, 3.8) is 0 Å². The van der Waals surface area contributed by atoms with Gasteiger partial charge in [0.05, 0.1) is 4.90 Å². The Bertz CT molecular complexity index is 946. The summed E-state index contributed by atoms with van der Waals surface area (Å²) in [5.41, 5.74) is 2.97. The van der Waals surface area contributed by atoms with Gasteiger partial charge in [-0.2, -0.15) is 4.31 Å². The van der Waals surface area contributed by atoms with Crippen molar-refractivity contribution >= 4 is 21.6 Å². The van der Waals surface area contributed by atoms with Crippen molar-refractivity contribution in [3.05, 3.63) is 59.7 Å². The lowest BCUT2D eigenvalue weighted by Crippen LogP contribution is -2.49. The van der Waals surface area contributed by atoms with Crippen LogP contribution in [0.3, 0.4) is 0 Å². The van der Waals surface area contributed by atoms with Gasteiger partial charge in [-0.05, 0) is 42.8 Å². The van der Waals surface area contributed by atoms with Crippen LogP contribution in [0.25, 0.3) is 0 Å². The summed E-state index contributed by atoms with van der Waals surface area (Å²) in [6.45, 7) is 9.43. The zero-order chi connectivity index (χ0) is 21.0. The van der Waals surface area contributed by atoms with Gasteiger partial charge in [0.1, 0.15) is 0 Å². The molecule has 29 heavy (non-hydrogen) atoms. The van der Waals surface area contributed by atoms with Gasteiger partial charge in [-0.3, -0.25) is 4.79 Å². The molecule has 0 atom stereocenters. The molecule has 0 N–H and O–H groups in total. The lowest BCUT2D eigenvalue weighted by Gasteiger charge is -2.36. The van der Waals surface area contributed by atoms with Gasteiger partial charge < -0.3 is 9.80 Å². The van der Waals surface area contributed by atoms with Crippen LogP contribution in [-0.2, 0) is 10.0 Å². The Balaban J connectivity index is 1.67. The molecule has 1 aliphatic heterocycles. The maximum atomic E-state index is 12.9. The summed E-state index contributed by atoms with van der Waals surface area (Å²) in [7, 11) is -3.51. The lowest BCUT2D eigenvalue weighted by atomic mass is 10.1. The standard InChI is InChI=1S/C22H29N3O3S/c1-4-25(5-2)29(27,28)20-12-10-19(11-13-20)22(26)24-16-14-23(15-17-24)21-9-7-6-8-18(21)3/h6-13H,4-5,14-17H2,1-3H3. The van der Waals surface area contributed by atoms with E-state index in [9.17, 15) is 13.2 Å². The summed E-state index contributed by atoms with van der Waals surface area (Å²) in [5.74, 6) is -0.0544. The summed E-state index contributed by atoms with van der Waals surface area (Å²) in [5, 5.41) is 0. The van der Waals surface area contributed by atoms with Crippen molar-refractivity contribution in [1.82, 2.24) is 9.21 Å². The van der Waals surface area contributed by atoms with Crippen LogP contribution < -0.4 is 4.90 Å². The summed E-state index contributed by atoms with van der Waals surface area (Å²) in [6.07, 6.45) is 0. The Labute approximate surface area is 173 Å². The SMILES string of the molecule is CCN(CC)S(=O)(=O)c1ccc(C(=O)N2CCN(c3ccccc3C)CC2)cc1. The largest absolute Gasteiger partial charge is 0.368 e. The molecule has 0 unspecified atom stereocenters. The summed E-state index contributed by atoms with van der Waals surface area (Å²) in [4.78, 5) is 17.2. The van der Waals surface area contributed by atoms with Crippen LogP contribution in [0.1, 0.15) is 29.8 Å². The normalized spacial score (nSPS) is 15.0. The number of amides is 1. The molecule has 156 valence electrons. The number of piperazine rings is 1. The monoisotopic (exact) mass is 415 g/mol. The van der Waals surface area contributed by atoms with Crippen molar-refractivity contribution in [3.8, 4) is 0 Å². The van der Waals surface area contributed by atoms with Gasteiger partial charge in [-0.25, -0.2) is 8.42 Å². The van der Waals surface area contributed by atoms with E-state index in [0.29, 0.717) is 31.7 Å². The van der Waals surface area contributed by atoms with Gasteiger partial charge in [0.2, 0.25) is 10.0 Å². The molecule has 2 aromatic carbocycles. The van der Waals surface area contributed by atoms with Gasteiger partial charge in [-0.15, -0.1) is 0 Å². The highest BCUT2D eigenvalue weighted by Gasteiger charge is 2.25. The molecule has 0 aromatic heterocycles. The van der Waals surface area contributed by atoms with E-state index >= 15 is 0 Å². The zero-order valence-corrected chi connectivity index (χ0v) is 18.2. The zero-order valence-electron chi connectivity index (χ0n) is 17.3. The highest BCUT2D eigenvalue weighted by Crippen LogP contribution is 2.22. The number of sulfonamides is 1. The van der Waals surface area contributed by atoms with Gasteiger partial charge in [0, 0.05) is 50.5 Å². The number of rotatable bonds is 6. The van der Waals surface area contributed by atoms with E-state index in [1.54, 1.807) is 12.1 Å². The number of anilines is 1. The molecule has 1 saturated heterocycles. The predicted molar refractivity (Wildman–Crippen MR) is 116 cm³/mol. The first-order chi connectivity index (χ1) is 13.9. The molecule has 1 heterocycles. The quantitative estimate of drug-likeness (QED) is 0.728. The Hall–Kier alpha value is -2.38. The Morgan fingerprint density at radius 2 is 1.52 bits per heavy atom. The third kappa shape index (κ3) is 4.46. The number of hydrogen-bond donors (Lipinski definition) is 0. The van der Waals surface area contributed by atoms with Crippen LogP contribution in [0.4, 0.5) is 5.69 Å². The highest BCUT2D eigenvalue weighted by atomic mass is 32.2. The average molecular weight is 416 g/mol. The van der Waals surface area contributed by atoms with E-state index in [1.165, 1.54) is 27.7 Å². The second-order valence-corrected chi connectivity index (χ2v) is 9.12. The number of aryl methyl sites for hydroxylation is 1. The predicted octanol–water partition coefficient (Wildman–Crippen LogP) is 2.99. The van der Waals surface area contributed by atoms with E-state index in [4.69, 9.17) is 0 Å². The van der Waals surface area contributed by atoms with Crippen LogP contribution in [0.15, 0.2) is 53.4 Å². The summed E-state index contributed by atoms with van der Waals surface area (Å²) >= 11 is 0. The average Bonchev–Trinajstić information content (AvgIpc) is 2.74. The number of carbonyl (C=O) groups is 1. The summed E-state index contributed by atoms with van der Waals surface area (Å²) < 4.78 is 26.6. The van der Waals surface area contributed by atoms with E-state index in [2.05, 4.69) is 24.0 Å². The lowest BCUT2D eigenvalue weighted by molar-refractivity contribution is 0.0746. The molecule has 7 heteroatoms. The van der Waals surface area contributed by atoms with Gasteiger partial charge >= 0.3 is 0 Å². The molecule has 6 nitrogen and oxygen atoms in total. The van der Waals surface area contributed by atoms with E-state index in [1.807, 2.05) is 30.9 Å².